The van der Waals surface area contributed by atoms with Gasteiger partial charge in [0.25, 0.3) is 0 Å². The molecule has 2 aromatic rings. The highest BCUT2D eigenvalue weighted by molar-refractivity contribution is 7.46. The highest BCUT2D eigenvalue weighted by atomic mass is 31.2. The van der Waals surface area contributed by atoms with Crippen LogP contribution >= 0.6 is 7.82 Å². The van der Waals surface area contributed by atoms with Crippen molar-refractivity contribution in [3.63, 3.8) is 0 Å². The maximum absolute atomic E-state index is 10.9. The number of hydrogen-bond acceptors (Lipinski definition) is 4. The van der Waals surface area contributed by atoms with E-state index in [-0.39, 0.29) is 0 Å². The maximum Gasteiger partial charge on any atom is 0.469 e. The summed E-state index contributed by atoms with van der Waals surface area (Å²) in [6, 6.07) is 16.9. The molecule has 1 unspecified atom stereocenters. The zero-order valence-electron chi connectivity index (χ0n) is 18.4. The van der Waals surface area contributed by atoms with Crippen molar-refractivity contribution in [3.05, 3.63) is 59.7 Å². The first kappa shape index (κ1) is 25.7. The minimum atomic E-state index is -4.62. The summed E-state index contributed by atoms with van der Waals surface area (Å²) in [6.07, 6.45) is 8.48. The Kier molecular flexibility index (Phi) is 10.4. The van der Waals surface area contributed by atoms with Crippen LogP contribution in [0.1, 0.15) is 56.6 Å². The Balaban J connectivity index is 1.87. The molecule has 0 bridgehead atoms. The first-order valence-corrected chi connectivity index (χ1v) is 12.6. The third-order valence-electron chi connectivity index (χ3n) is 5.56. The molecule has 0 saturated carbocycles. The minimum absolute atomic E-state index is 0.343. The Morgan fingerprint density at radius 2 is 1.39 bits per heavy atom. The molecule has 0 fully saturated rings. The molecule has 2 rings (SSSR count). The molecule has 0 saturated heterocycles. The highest BCUT2D eigenvalue weighted by Gasteiger charge is 2.28. The number of hydrogen-bond donors (Lipinski definition) is 4. The lowest BCUT2D eigenvalue weighted by Gasteiger charge is -2.27. The predicted octanol–water partition coefficient (Wildman–Crippen LogP) is 4.60. The Bertz CT molecular complexity index is 819. The number of aryl methyl sites for hydroxylation is 2. The van der Waals surface area contributed by atoms with E-state index in [0.717, 1.165) is 17.5 Å². The van der Waals surface area contributed by atoms with Gasteiger partial charge in [0.1, 0.15) is 0 Å². The summed E-state index contributed by atoms with van der Waals surface area (Å²) >= 11 is 0. The SMILES string of the molecule is CCCCCCCc1ccc(-c2ccc(CCC(N)(CO)COP(=O)(O)O)cc2)cc1. The average Bonchev–Trinajstić information content (AvgIpc) is 2.77. The van der Waals surface area contributed by atoms with E-state index in [1.54, 1.807) is 0 Å². The van der Waals surface area contributed by atoms with Crippen molar-refractivity contribution in [3.8, 4) is 11.1 Å². The first-order valence-electron chi connectivity index (χ1n) is 11.0. The van der Waals surface area contributed by atoms with Gasteiger partial charge in [0.05, 0.1) is 18.8 Å². The summed E-state index contributed by atoms with van der Waals surface area (Å²) in [5.41, 5.74) is 9.53. The van der Waals surface area contributed by atoms with E-state index in [1.807, 2.05) is 12.1 Å². The van der Waals surface area contributed by atoms with Crippen molar-refractivity contribution in [2.75, 3.05) is 13.2 Å². The molecule has 0 radical (unpaired) electrons. The van der Waals surface area contributed by atoms with Crippen LogP contribution < -0.4 is 5.73 Å². The van der Waals surface area contributed by atoms with Crippen molar-refractivity contribution >= 4 is 7.82 Å². The van der Waals surface area contributed by atoms with Gasteiger partial charge in [-0.05, 0) is 47.9 Å². The highest BCUT2D eigenvalue weighted by Crippen LogP contribution is 2.37. The largest absolute Gasteiger partial charge is 0.469 e. The third-order valence-corrected chi connectivity index (χ3v) is 6.02. The van der Waals surface area contributed by atoms with Crippen molar-refractivity contribution < 1.29 is 24.0 Å². The van der Waals surface area contributed by atoms with E-state index >= 15 is 0 Å². The van der Waals surface area contributed by atoms with Gasteiger partial charge in [-0.25, -0.2) is 4.57 Å². The fraction of sp³-hybridized carbons (Fsp3) is 0.500. The van der Waals surface area contributed by atoms with E-state index in [9.17, 15) is 9.67 Å². The Morgan fingerprint density at radius 1 is 0.871 bits per heavy atom. The topological polar surface area (TPSA) is 113 Å². The molecule has 0 aliphatic heterocycles. The molecule has 1 atom stereocenters. The second-order valence-corrected chi connectivity index (χ2v) is 9.58. The Labute approximate surface area is 185 Å². The van der Waals surface area contributed by atoms with E-state index in [2.05, 4.69) is 47.8 Å². The summed E-state index contributed by atoms with van der Waals surface area (Å²) in [7, 11) is -4.62. The number of rotatable bonds is 14. The second kappa shape index (κ2) is 12.5. The van der Waals surface area contributed by atoms with Crippen molar-refractivity contribution in [1.82, 2.24) is 0 Å². The van der Waals surface area contributed by atoms with Gasteiger partial charge >= 0.3 is 7.82 Å². The standard InChI is InChI=1S/C24H36NO5P/c1-2-3-4-5-6-7-20-8-12-22(13-9-20)23-14-10-21(11-15-23)16-17-24(25,18-26)19-30-31(27,28)29/h8-15,26H,2-7,16-19,25H2,1H3,(H2,27,28,29). The fourth-order valence-electron chi connectivity index (χ4n) is 3.46. The Morgan fingerprint density at radius 3 is 1.87 bits per heavy atom. The lowest BCUT2D eigenvalue weighted by atomic mass is 9.93. The smallest absolute Gasteiger partial charge is 0.394 e. The van der Waals surface area contributed by atoms with E-state index < -0.39 is 26.6 Å². The van der Waals surface area contributed by atoms with Gasteiger partial charge in [0.15, 0.2) is 0 Å². The monoisotopic (exact) mass is 449 g/mol. The molecule has 7 heteroatoms. The summed E-state index contributed by atoms with van der Waals surface area (Å²) in [5, 5.41) is 9.51. The zero-order chi connectivity index (χ0) is 22.7. The second-order valence-electron chi connectivity index (χ2n) is 8.34. The molecule has 2 aromatic carbocycles. The van der Waals surface area contributed by atoms with Crippen molar-refractivity contribution in [2.45, 2.75) is 63.8 Å². The quantitative estimate of drug-likeness (QED) is 0.248. The van der Waals surface area contributed by atoms with E-state index in [4.69, 9.17) is 15.5 Å². The molecule has 0 aromatic heterocycles. The van der Waals surface area contributed by atoms with Crippen molar-refractivity contribution in [1.29, 1.82) is 0 Å². The Hall–Kier alpha value is -1.53. The molecule has 0 spiro atoms. The summed E-state index contributed by atoms with van der Waals surface area (Å²) < 4.78 is 15.4. The zero-order valence-corrected chi connectivity index (χ0v) is 19.3. The van der Waals surface area contributed by atoms with Crippen LogP contribution in [0.3, 0.4) is 0 Å². The predicted molar refractivity (Wildman–Crippen MR) is 125 cm³/mol. The number of phosphoric acid groups is 1. The van der Waals surface area contributed by atoms with E-state index in [1.165, 1.54) is 43.2 Å². The van der Waals surface area contributed by atoms with Gasteiger partial charge in [-0.15, -0.1) is 0 Å². The fourth-order valence-corrected chi connectivity index (χ4v) is 3.89. The van der Waals surface area contributed by atoms with Crippen LogP contribution in [0.5, 0.6) is 0 Å². The number of unbranched alkanes of at least 4 members (excludes halogenated alkanes) is 4. The molecule has 0 amide bonds. The number of benzene rings is 2. The van der Waals surface area contributed by atoms with Gasteiger partial charge in [-0.2, -0.15) is 0 Å². The van der Waals surface area contributed by atoms with Crippen LogP contribution in [0.15, 0.2) is 48.5 Å². The van der Waals surface area contributed by atoms with Crippen LogP contribution in [0.4, 0.5) is 0 Å². The van der Waals surface area contributed by atoms with Crippen molar-refractivity contribution in [2.24, 2.45) is 5.73 Å². The minimum Gasteiger partial charge on any atom is -0.394 e. The molecule has 172 valence electrons. The van der Waals surface area contributed by atoms with Crippen LogP contribution in [0, 0.1) is 0 Å². The van der Waals surface area contributed by atoms with Gasteiger partial charge in [0, 0.05) is 0 Å². The van der Waals surface area contributed by atoms with Crippen LogP contribution in [-0.2, 0) is 21.9 Å². The molecular weight excluding hydrogens is 413 g/mol. The van der Waals surface area contributed by atoms with Gasteiger partial charge in [-0.1, -0.05) is 81.1 Å². The first-order chi connectivity index (χ1) is 14.7. The maximum atomic E-state index is 10.9. The molecule has 0 heterocycles. The normalized spacial score (nSPS) is 13.8. The van der Waals surface area contributed by atoms with Crippen LogP contribution in [-0.4, -0.2) is 33.6 Å². The molecule has 0 aliphatic rings. The number of aliphatic hydroxyl groups excluding tert-OH is 1. The van der Waals surface area contributed by atoms with E-state index in [0.29, 0.717) is 12.8 Å². The number of aliphatic hydroxyl groups is 1. The molecule has 31 heavy (non-hydrogen) atoms. The van der Waals surface area contributed by atoms with Gasteiger partial charge in [0.2, 0.25) is 0 Å². The molecule has 0 aliphatic carbocycles. The number of nitrogens with two attached hydrogens (primary N) is 1. The molecular formula is C24H36NO5P. The number of phosphoric ester groups is 1. The lowest BCUT2D eigenvalue weighted by molar-refractivity contribution is 0.102. The average molecular weight is 450 g/mol. The lowest BCUT2D eigenvalue weighted by Crippen LogP contribution is -2.48. The van der Waals surface area contributed by atoms with Gasteiger partial charge < -0.3 is 20.6 Å². The third kappa shape index (κ3) is 9.65. The summed E-state index contributed by atoms with van der Waals surface area (Å²) in [4.78, 5) is 17.7. The molecule has 6 nitrogen and oxygen atoms in total. The van der Waals surface area contributed by atoms with Gasteiger partial charge in [-0.3, -0.25) is 4.52 Å². The molecule has 5 N–H and O–H groups in total. The van der Waals surface area contributed by atoms with Crippen LogP contribution in [0.25, 0.3) is 11.1 Å². The summed E-state index contributed by atoms with van der Waals surface area (Å²) in [5.74, 6) is 0. The summed E-state index contributed by atoms with van der Waals surface area (Å²) in [6.45, 7) is 1.41. The van der Waals surface area contributed by atoms with Crippen LogP contribution in [0.2, 0.25) is 0 Å².